The van der Waals surface area contributed by atoms with Crippen LogP contribution in [0.3, 0.4) is 0 Å². The highest BCUT2D eigenvalue weighted by atomic mass is 16.2. The van der Waals surface area contributed by atoms with Crippen molar-refractivity contribution < 1.29 is 4.79 Å². The van der Waals surface area contributed by atoms with Crippen LogP contribution in [0.1, 0.15) is 55.6 Å². The van der Waals surface area contributed by atoms with Crippen molar-refractivity contribution in [1.29, 1.82) is 0 Å². The molecule has 0 aromatic carbocycles. The van der Waals surface area contributed by atoms with Gasteiger partial charge in [-0.25, -0.2) is 4.79 Å². The fourth-order valence-electron chi connectivity index (χ4n) is 3.04. The number of rotatable bonds is 2. The van der Waals surface area contributed by atoms with E-state index < -0.39 is 0 Å². The Morgan fingerprint density at radius 1 is 1.20 bits per heavy atom. The van der Waals surface area contributed by atoms with Gasteiger partial charge in [0.05, 0.1) is 11.7 Å². The van der Waals surface area contributed by atoms with Gasteiger partial charge in [-0.15, -0.1) is 0 Å². The molecule has 1 aliphatic rings. The summed E-state index contributed by atoms with van der Waals surface area (Å²) >= 11 is 0. The van der Waals surface area contributed by atoms with Gasteiger partial charge in [0.2, 0.25) is 0 Å². The van der Waals surface area contributed by atoms with Crippen LogP contribution in [0, 0.1) is 13.8 Å². The molecule has 1 unspecified atom stereocenters. The number of aryl methyl sites for hydroxylation is 2. The number of carbonyl (C=O) groups is 1. The highest BCUT2D eigenvalue weighted by molar-refractivity contribution is 5.74. The number of nitrogens with one attached hydrogen (secondary N) is 1. The molecule has 1 aliphatic heterocycles. The van der Waals surface area contributed by atoms with Crippen molar-refractivity contribution in [2.75, 3.05) is 13.1 Å². The molecule has 1 aromatic rings. The zero-order chi connectivity index (χ0) is 14.7. The van der Waals surface area contributed by atoms with Gasteiger partial charge in [-0.1, -0.05) is 12.8 Å². The second kappa shape index (κ2) is 6.29. The molecule has 0 aliphatic carbocycles. The topological polar surface area (TPSA) is 50.2 Å². The molecule has 1 fully saturated rings. The Kier molecular flexibility index (Phi) is 4.68. The van der Waals surface area contributed by atoms with E-state index in [1.807, 2.05) is 37.4 Å². The van der Waals surface area contributed by atoms with Crippen molar-refractivity contribution in [1.82, 2.24) is 20.0 Å². The smallest absolute Gasteiger partial charge is 0.317 e. The van der Waals surface area contributed by atoms with Gasteiger partial charge in [0.15, 0.2) is 0 Å². The molecule has 1 N–H and O–H groups in total. The summed E-state index contributed by atoms with van der Waals surface area (Å²) in [6.07, 6.45) is 4.71. The lowest BCUT2D eigenvalue weighted by Gasteiger charge is -2.24. The first-order chi connectivity index (χ1) is 9.50. The predicted octanol–water partition coefficient (Wildman–Crippen LogP) is 2.68. The maximum atomic E-state index is 12.4. The molecular formula is C15H26N4O. The maximum Gasteiger partial charge on any atom is 0.317 e. The van der Waals surface area contributed by atoms with Crippen LogP contribution in [-0.4, -0.2) is 33.8 Å². The molecule has 20 heavy (non-hydrogen) atoms. The van der Waals surface area contributed by atoms with Crippen molar-refractivity contribution >= 4 is 6.03 Å². The number of urea groups is 1. The van der Waals surface area contributed by atoms with Gasteiger partial charge >= 0.3 is 6.03 Å². The van der Waals surface area contributed by atoms with Gasteiger partial charge in [0.1, 0.15) is 0 Å². The molecule has 0 radical (unpaired) electrons. The van der Waals surface area contributed by atoms with E-state index in [0.717, 1.165) is 42.9 Å². The Balaban J connectivity index is 2.03. The van der Waals surface area contributed by atoms with Crippen molar-refractivity contribution in [3.05, 3.63) is 17.0 Å². The van der Waals surface area contributed by atoms with Crippen LogP contribution in [0.25, 0.3) is 0 Å². The largest absolute Gasteiger partial charge is 0.331 e. The molecule has 2 rings (SSSR count). The minimum absolute atomic E-state index is 0.000506. The third-order valence-corrected chi connectivity index (χ3v) is 4.23. The van der Waals surface area contributed by atoms with E-state index >= 15 is 0 Å². The van der Waals surface area contributed by atoms with Crippen LogP contribution < -0.4 is 5.32 Å². The van der Waals surface area contributed by atoms with Gasteiger partial charge < -0.3 is 10.2 Å². The van der Waals surface area contributed by atoms with Crippen molar-refractivity contribution in [2.45, 2.75) is 52.5 Å². The zero-order valence-corrected chi connectivity index (χ0v) is 13.1. The lowest BCUT2D eigenvalue weighted by molar-refractivity contribution is 0.196. The number of aromatic nitrogens is 2. The third-order valence-electron chi connectivity index (χ3n) is 4.23. The van der Waals surface area contributed by atoms with Gasteiger partial charge in [-0.3, -0.25) is 4.68 Å². The third kappa shape index (κ3) is 3.14. The summed E-state index contributed by atoms with van der Waals surface area (Å²) in [6, 6.07) is 0.0570. The van der Waals surface area contributed by atoms with Crippen LogP contribution in [0.15, 0.2) is 0 Å². The van der Waals surface area contributed by atoms with Gasteiger partial charge in [0.25, 0.3) is 0 Å². The Hall–Kier alpha value is -1.52. The van der Waals surface area contributed by atoms with Crippen LogP contribution in [0.5, 0.6) is 0 Å². The van der Waals surface area contributed by atoms with Crippen LogP contribution in [0.2, 0.25) is 0 Å². The van der Waals surface area contributed by atoms with Gasteiger partial charge in [-0.05, 0) is 33.6 Å². The molecule has 2 amide bonds. The van der Waals surface area contributed by atoms with Gasteiger partial charge in [0, 0.05) is 31.4 Å². The van der Waals surface area contributed by atoms with E-state index in [4.69, 9.17) is 0 Å². The van der Waals surface area contributed by atoms with Gasteiger partial charge in [-0.2, -0.15) is 5.10 Å². The molecule has 5 nitrogen and oxygen atoms in total. The van der Waals surface area contributed by atoms with Crippen LogP contribution >= 0.6 is 0 Å². The summed E-state index contributed by atoms with van der Waals surface area (Å²) in [5.41, 5.74) is 3.25. The average molecular weight is 278 g/mol. The second-order valence-electron chi connectivity index (χ2n) is 5.78. The van der Waals surface area contributed by atoms with Crippen molar-refractivity contribution in [3.8, 4) is 0 Å². The SMILES string of the molecule is Cc1nn(C)c(C)c1C(C)NC(=O)N1CCCCCC1. The zero-order valence-electron chi connectivity index (χ0n) is 13.1. The molecule has 5 heteroatoms. The van der Waals surface area contributed by atoms with E-state index in [9.17, 15) is 4.79 Å². The second-order valence-corrected chi connectivity index (χ2v) is 5.78. The number of amides is 2. The summed E-state index contributed by atoms with van der Waals surface area (Å²) in [6.45, 7) is 7.83. The molecule has 1 aromatic heterocycles. The Morgan fingerprint density at radius 2 is 1.80 bits per heavy atom. The molecule has 0 spiro atoms. The lowest BCUT2D eigenvalue weighted by Crippen LogP contribution is -2.41. The minimum atomic E-state index is -0.000506. The first-order valence-corrected chi connectivity index (χ1v) is 7.56. The average Bonchev–Trinajstić information content (AvgIpc) is 2.62. The highest BCUT2D eigenvalue weighted by Gasteiger charge is 2.21. The number of hydrogen-bond acceptors (Lipinski definition) is 2. The summed E-state index contributed by atoms with van der Waals surface area (Å²) < 4.78 is 1.87. The normalized spacial score (nSPS) is 17.7. The standard InChI is InChI=1S/C15H26N4O/c1-11(14-12(2)17-18(4)13(14)3)16-15(20)19-9-7-5-6-8-10-19/h11H,5-10H2,1-4H3,(H,16,20). The Morgan fingerprint density at radius 3 is 2.30 bits per heavy atom. The summed E-state index contributed by atoms with van der Waals surface area (Å²) in [4.78, 5) is 14.3. The van der Waals surface area contributed by atoms with E-state index in [1.54, 1.807) is 0 Å². The van der Waals surface area contributed by atoms with Crippen molar-refractivity contribution in [2.24, 2.45) is 7.05 Å². The van der Waals surface area contributed by atoms with E-state index in [2.05, 4.69) is 10.4 Å². The van der Waals surface area contributed by atoms with E-state index in [1.165, 1.54) is 12.8 Å². The molecule has 1 atom stereocenters. The van der Waals surface area contributed by atoms with Crippen LogP contribution in [0.4, 0.5) is 4.79 Å². The monoisotopic (exact) mass is 278 g/mol. The molecule has 0 saturated carbocycles. The lowest BCUT2D eigenvalue weighted by atomic mass is 10.1. The summed E-state index contributed by atoms with van der Waals surface area (Å²) in [7, 11) is 1.94. The number of hydrogen-bond donors (Lipinski definition) is 1. The molecule has 1 saturated heterocycles. The number of nitrogens with zero attached hydrogens (tertiary/aromatic N) is 3. The quantitative estimate of drug-likeness (QED) is 0.904. The maximum absolute atomic E-state index is 12.4. The van der Waals surface area contributed by atoms with E-state index in [0.29, 0.717) is 0 Å². The Bertz CT molecular complexity index is 472. The Labute approximate surface area is 121 Å². The van der Waals surface area contributed by atoms with E-state index in [-0.39, 0.29) is 12.1 Å². The number of likely N-dealkylation sites (tertiary alicyclic amines) is 1. The fourth-order valence-corrected chi connectivity index (χ4v) is 3.04. The summed E-state index contributed by atoms with van der Waals surface area (Å²) in [5, 5.41) is 7.54. The van der Waals surface area contributed by atoms with Crippen LogP contribution in [-0.2, 0) is 7.05 Å². The minimum Gasteiger partial charge on any atom is -0.331 e. The number of carbonyl (C=O) groups excluding carboxylic acids is 1. The van der Waals surface area contributed by atoms with Crippen molar-refractivity contribution in [3.63, 3.8) is 0 Å². The first-order valence-electron chi connectivity index (χ1n) is 7.56. The molecular weight excluding hydrogens is 252 g/mol. The highest BCUT2D eigenvalue weighted by Crippen LogP contribution is 2.21. The first kappa shape index (κ1) is 14.9. The molecule has 2 heterocycles. The fraction of sp³-hybridized carbons (Fsp3) is 0.733. The molecule has 0 bridgehead atoms. The summed E-state index contributed by atoms with van der Waals surface area (Å²) in [5.74, 6) is 0. The molecule has 112 valence electrons. The predicted molar refractivity (Wildman–Crippen MR) is 79.7 cm³/mol.